The number of aromatic nitrogens is 4. The summed E-state index contributed by atoms with van der Waals surface area (Å²) >= 11 is 0. The van der Waals surface area contributed by atoms with E-state index >= 15 is 0 Å². The Morgan fingerprint density at radius 1 is 1.26 bits per heavy atom. The number of rotatable bonds is 3. The van der Waals surface area contributed by atoms with Crippen LogP contribution in [0.3, 0.4) is 0 Å². The maximum atomic E-state index is 5.91. The van der Waals surface area contributed by atoms with Crippen LogP contribution in [0.15, 0.2) is 6.20 Å². The first kappa shape index (κ1) is 12.5. The van der Waals surface area contributed by atoms with Crippen LogP contribution >= 0.6 is 0 Å². The van der Waals surface area contributed by atoms with Crippen LogP contribution in [-0.2, 0) is 17.6 Å². The number of hydrogen-bond donors (Lipinski definition) is 0. The topological polar surface area (TPSA) is 52.8 Å². The van der Waals surface area contributed by atoms with Crippen LogP contribution < -0.4 is 0 Å². The lowest BCUT2D eigenvalue weighted by molar-refractivity contribution is -0.0312. The number of imidazole rings is 1. The highest BCUT2D eigenvalue weighted by Crippen LogP contribution is 2.27. The van der Waals surface area contributed by atoms with Gasteiger partial charge in [0.15, 0.2) is 5.65 Å². The van der Waals surface area contributed by atoms with E-state index in [1.165, 1.54) is 6.42 Å². The maximum Gasteiger partial charge on any atom is 0.165 e. The molecule has 0 aliphatic carbocycles. The van der Waals surface area contributed by atoms with Gasteiger partial charge in [0, 0.05) is 19.4 Å². The first-order valence-corrected chi connectivity index (χ1v) is 7.17. The highest BCUT2D eigenvalue weighted by molar-refractivity contribution is 5.70. The average molecular weight is 260 g/mol. The van der Waals surface area contributed by atoms with E-state index < -0.39 is 0 Å². The molecular formula is C14H20N4O. The van der Waals surface area contributed by atoms with E-state index in [0.717, 1.165) is 55.1 Å². The lowest BCUT2D eigenvalue weighted by Crippen LogP contribution is -2.20. The van der Waals surface area contributed by atoms with Gasteiger partial charge in [-0.15, -0.1) is 0 Å². The van der Waals surface area contributed by atoms with Crippen molar-refractivity contribution in [1.29, 1.82) is 0 Å². The Bertz CT molecular complexity index is 572. The molecule has 0 bridgehead atoms. The molecule has 19 heavy (non-hydrogen) atoms. The van der Waals surface area contributed by atoms with Crippen LogP contribution in [0.2, 0.25) is 0 Å². The Morgan fingerprint density at radius 2 is 2.16 bits per heavy atom. The Labute approximate surface area is 113 Å². The van der Waals surface area contributed by atoms with Gasteiger partial charge in [-0.2, -0.15) is 0 Å². The fourth-order valence-corrected chi connectivity index (χ4v) is 2.62. The van der Waals surface area contributed by atoms with E-state index in [1.807, 2.05) is 6.20 Å². The third-order valence-electron chi connectivity index (χ3n) is 3.63. The van der Waals surface area contributed by atoms with Crippen molar-refractivity contribution < 1.29 is 4.74 Å². The predicted molar refractivity (Wildman–Crippen MR) is 72.9 cm³/mol. The van der Waals surface area contributed by atoms with E-state index in [1.54, 1.807) is 0 Å². The molecule has 5 nitrogen and oxygen atoms in total. The number of ether oxygens (including phenoxy) is 1. The van der Waals surface area contributed by atoms with Crippen molar-refractivity contribution in [3.63, 3.8) is 0 Å². The lowest BCUT2D eigenvalue weighted by atomic mass is 10.2. The molecule has 2 aromatic heterocycles. The number of hydrogen-bond acceptors (Lipinski definition) is 4. The molecule has 1 fully saturated rings. The molecular weight excluding hydrogens is 240 g/mol. The number of fused-ring (bicyclic) bond motifs is 1. The van der Waals surface area contributed by atoms with Gasteiger partial charge in [-0.25, -0.2) is 15.0 Å². The van der Waals surface area contributed by atoms with Crippen LogP contribution in [0.1, 0.15) is 51.0 Å². The first-order chi connectivity index (χ1) is 9.33. The third-order valence-corrected chi connectivity index (χ3v) is 3.63. The first-order valence-electron chi connectivity index (χ1n) is 7.17. The molecule has 102 valence electrons. The Hall–Kier alpha value is -1.49. The zero-order valence-electron chi connectivity index (χ0n) is 11.6. The second-order valence-electron chi connectivity index (χ2n) is 4.92. The molecule has 0 N–H and O–H groups in total. The molecule has 1 unspecified atom stereocenters. The molecule has 0 amide bonds. The van der Waals surface area contributed by atoms with Gasteiger partial charge in [0.25, 0.3) is 0 Å². The van der Waals surface area contributed by atoms with Gasteiger partial charge < -0.3 is 4.74 Å². The summed E-state index contributed by atoms with van der Waals surface area (Å²) in [5.41, 5.74) is 1.80. The summed E-state index contributed by atoms with van der Waals surface area (Å²) in [4.78, 5) is 13.6. The fraction of sp³-hybridized carbons (Fsp3) is 0.643. The van der Waals surface area contributed by atoms with Gasteiger partial charge in [0.1, 0.15) is 23.4 Å². The second-order valence-corrected chi connectivity index (χ2v) is 4.92. The van der Waals surface area contributed by atoms with E-state index in [-0.39, 0.29) is 6.23 Å². The van der Waals surface area contributed by atoms with Gasteiger partial charge >= 0.3 is 0 Å². The Balaban J connectivity index is 2.12. The molecule has 0 radical (unpaired) electrons. The minimum atomic E-state index is 0.0910. The van der Waals surface area contributed by atoms with Crippen LogP contribution in [-0.4, -0.2) is 26.1 Å². The minimum Gasteiger partial charge on any atom is -0.358 e. The fourth-order valence-electron chi connectivity index (χ4n) is 2.62. The summed E-state index contributed by atoms with van der Waals surface area (Å²) in [6.07, 6.45) is 7.06. The molecule has 1 aliphatic heterocycles. The predicted octanol–water partition coefficient (Wildman–Crippen LogP) is 2.65. The van der Waals surface area contributed by atoms with Gasteiger partial charge in [-0.3, -0.25) is 4.57 Å². The van der Waals surface area contributed by atoms with Crippen molar-refractivity contribution in [3.05, 3.63) is 17.8 Å². The van der Waals surface area contributed by atoms with E-state index in [9.17, 15) is 0 Å². The monoisotopic (exact) mass is 260 g/mol. The maximum absolute atomic E-state index is 5.91. The molecule has 0 saturated carbocycles. The molecule has 5 heteroatoms. The van der Waals surface area contributed by atoms with Crippen LogP contribution in [0.4, 0.5) is 0 Å². The van der Waals surface area contributed by atoms with E-state index in [4.69, 9.17) is 4.74 Å². The van der Waals surface area contributed by atoms with Crippen LogP contribution in [0.5, 0.6) is 0 Å². The quantitative estimate of drug-likeness (QED) is 0.851. The van der Waals surface area contributed by atoms with Crippen molar-refractivity contribution in [2.45, 2.75) is 52.2 Å². The van der Waals surface area contributed by atoms with Gasteiger partial charge in [-0.05, 0) is 19.3 Å². The highest BCUT2D eigenvalue weighted by atomic mass is 16.5. The van der Waals surface area contributed by atoms with Gasteiger partial charge in [0.05, 0.1) is 6.20 Å². The smallest absolute Gasteiger partial charge is 0.165 e. The largest absolute Gasteiger partial charge is 0.358 e. The van der Waals surface area contributed by atoms with Crippen LogP contribution in [0, 0.1) is 0 Å². The van der Waals surface area contributed by atoms with Gasteiger partial charge in [-0.1, -0.05) is 13.8 Å². The summed E-state index contributed by atoms with van der Waals surface area (Å²) in [5, 5.41) is 0. The zero-order chi connectivity index (χ0) is 13.2. The van der Waals surface area contributed by atoms with Crippen molar-refractivity contribution in [2.24, 2.45) is 0 Å². The number of aryl methyl sites for hydroxylation is 2. The second kappa shape index (κ2) is 5.25. The molecule has 0 spiro atoms. The van der Waals surface area contributed by atoms with Crippen LogP contribution in [0.25, 0.3) is 11.2 Å². The van der Waals surface area contributed by atoms with Crippen molar-refractivity contribution in [3.8, 4) is 0 Å². The average Bonchev–Trinajstić information content (AvgIpc) is 2.85. The molecule has 1 saturated heterocycles. The normalized spacial score (nSPS) is 20.0. The Morgan fingerprint density at radius 3 is 2.84 bits per heavy atom. The molecule has 3 heterocycles. The summed E-state index contributed by atoms with van der Waals surface area (Å²) in [7, 11) is 0. The van der Waals surface area contributed by atoms with Crippen molar-refractivity contribution in [1.82, 2.24) is 19.5 Å². The minimum absolute atomic E-state index is 0.0910. The van der Waals surface area contributed by atoms with E-state index in [2.05, 4.69) is 33.4 Å². The number of nitrogens with zero attached hydrogens (tertiary/aromatic N) is 4. The summed E-state index contributed by atoms with van der Waals surface area (Å²) in [5.74, 6) is 1.91. The standard InChI is InChI=1S/C14H20N4O/c1-3-11-15-9-10-14(17-11)18(12(4-2)16-10)13-7-5-6-8-19-13/h9,13H,3-8H2,1-2H3. The summed E-state index contributed by atoms with van der Waals surface area (Å²) < 4.78 is 8.08. The molecule has 3 rings (SSSR count). The van der Waals surface area contributed by atoms with Crippen molar-refractivity contribution >= 4 is 11.2 Å². The third kappa shape index (κ3) is 2.23. The zero-order valence-corrected chi connectivity index (χ0v) is 11.6. The van der Waals surface area contributed by atoms with E-state index in [0.29, 0.717) is 0 Å². The SMILES string of the molecule is CCc1ncc2nc(CC)n(C3CCCCO3)c2n1. The van der Waals surface area contributed by atoms with Crippen molar-refractivity contribution in [2.75, 3.05) is 6.61 Å². The molecule has 0 aromatic carbocycles. The van der Waals surface area contributed by atoms with Gasteiger partial charge in [0.2, 0.25) is 0 Å². The molecule has 2 aromatic rings. The summed E-state index contributed by atoms with van der Waals surface area (Å²) in [6.45, 7) is 5.02. The molecule has 1 aliphatic rings. The highest BCUT2D eigenvalue weighted by Gasteiger charge is 2.22. The molecule has 1 atom stereocenters. The summed E-state index contributed by atoms with van der Waals surface area (Å²) in [6, 6.07) is 0. The Kier molecular flexibility index (Phi) is 3.46. The lowest BCUT2D eigenvalue weighted by Gasteiger charge is -2.25.